The van der Waals surface area contributed by atoms with Gasteiger partial charge < -0.3 is 18.9 Å². The molecule has 0 aromatic heterocycles. The van der Waals surface area contributed by atoms with Gasteiger partial charge in [-0.1, -0.05) is 0 Å². The van der Waals surface area contributed by atoms with Crippen LogP contribution in [0.15, 0.2) is 17.0 Å². The van der Waals surface area contributed by atoms with Crippen molar-refractivity contribution < 1.29 is 23.3 Å². The van der Waals surface area contributed by atoms with E-state index >= 15 is 0 Å². The van der Waals surface area contributed by atoms with Crippen LogP contribution in [0.5, 0.6) is 11.5 Å². The maximum absolute atomic E-state index is 13.8. The summed E-state index contributed by atoms with van der Waals surface area (Å²) < 4.78 is 34.0. The summed E-state index contributed by atoms with van der Waals surface area (Å²) in [6.45, 7) is 1.45. The largest absolute Gasteiger partial charge is 0.490 e. The molecule has 1 aromatic rings. The highest BCUT2D eigenvalue weighted by molar-refractivity contribution is 7.80. The Kier molecular flexibility index (Phi) is 6.85. The van der Waals surface area contributed by atoms with Crippen molar-refractivity contribution in [2.45, 2.75) is 4.90 Å². The van der Waals surface area contributed by atoms with Crippen molar-refractivity contribution in [3.63, 3.8) is 0 Å². The zero-order valence-electron chi connectivity index (χ0n) is 10.4. The van der Waals surface area contributed by atoms with Crippen molar-refractivity contribution in [3.05, 3.63) is 17.9 Å². The zero-order chi connectivity index (χ0) is 13.4. The number of hydrogen-bond acceptors (Lipinski definition) is 5. The highest BCUT2D eigenvalue weighted by Gasteiger charge is 2.12. The molecular formula is C12H17FO4S. The molecule has 1 aromatic carbocycles. The van der Waals surface area contributed by atoms with Gasteiger partial charge in [0, 0.05) is 14.2 Å². The van der Waals surface area contributed by atoms with Gasteiger partial charge in [-0.05, 0) is 12.1 Å². The Balaban J connectivity index is 2.65. The van der Waals surface area contributed by atoms with Crippen LogP contribution in [0.4, 0.5) is 4.39 Å². The van der Waals surface area contributed by atoms with Crippen LogP contribution in [-0.4, -0.2) is 40.6 Å². The number of benzene rings is 1. The molecule has 0 amide bonds. The minimum absolute atomic E-state index is 0.126. The van der Waals surface area contributed by atoms with E-state index in [1.807, 2.05) is 0 Å². The number of thiol groups is 1. The lowest BCUT2D eigenvalue weighted by Crippen LogP contribution is -2.07. The van der Waals surface area contributed by atoms with Gasteiger partial charge in [0.15, 0.2) is 11.6 Å². The normalized spacial score (nSPS) is 10.4. The number of hydrogen-bond donors (Lipinski definition) is 1. The summed E-state index contributed by atoms with van der Waals surface area (Å²) in [5.74, 6) is -0.0348. The standard InChI is InChI=1S/C12H17FO4S/c1-14-5-7-16-9-3-4-10(12(18)11(9)13)17-8-6-15-2/h3-4,18H,5-8H2,1-2H3. The van der Waals surface area contributed by atoms with E-state index in [4.69, 9.17) is 18.9 Å². The molecule has 18 heavy (non-hydrogen) atoms. The molecule has 0 heterocycles. The topological polar surface area (TPSA) is 36.9 Å². The number of halogens is 1. The maximum Gasteiger partial charge on any atom is 0.182 e. The Hall–Kier alpha value is -0.980. The summed E-state index contributed by atoms with van der Waals surface area (Å²) in [5, 5.41) is 0. The molecule has 0 saturated heterocycles. The summed E-state index contributed by atoms with van der Waals surface area (Å²) in [7, 11) is 3.12. The van der Waals surface area contributed by atoms with E-state index < -0.39 is 5.82 Å². The van der Waals surface area contributed by atoms with Gasteiger partial charge in [-0.2, -0.15) is 0 Å². The Morgan fingerprint density at radius 2 is 1.44 bits per heavy atom. The number of methoxy groups -OCH3 is 2. The second kappa shape index (κ2) is 8.18. The van der Waals surface area contributed by atoms with Gasteiger partial charge in [0.1, 0.15) is 19.0 Å². The lowest BCUT2D eigenvalue weighted by Gasteiger charge is -2.12. The fourth-order valence-corrected chi connectivity index (χ4v) is 1.48. The van der Waals surface area contributed by atoms with Crippen LogP contribution < -0.4 is 9.47 Å². The molecule has 0 aliphatic carbocycles. The quantitative estimate of drug-likeness (QED) is 0.583. The Bertz CT molecular complexity index is 338. The van der Waals surface area contributed by atoms with E-state index in [-0.39, 0.29) is 17.3 Å². The third-order valence-electron chi connectivity index (χ3n) is 2.13. The van der Waals surface area contributed by atoms with Gasteiger partial charge in [-0.15, -0.1) is 12.6 Å². The van der Waals surface area contributed by atoms with Gasteiger partial charge >= 0.3 is 0 Å². The number of rotatable bonds is 8. The smallest absolute Gasteiger partial charge is 0.182 e. The minimum Gasteiger partial charge on any atom is -0.490 e. The minimum atomic E-state index is -0.538. The molecule has 4 nitrogen and oxygen atoms in total. The van der Waals surface area contributed by atoms with Crippen molar-refractivity contribution in [2.75, 3.05) is 40.6 Å². The average molecular weight is 276 g/mol. The van der Waals surface area contributed by atoms with Crippen molar-refractivity contribution in [2.24, 2.45) is 0 Å². The van der Waals surface area contributed by atoms with Crippen LogP contribution in [-0.2, 0) is 9.47 Å². The molecule has 102 valence electrons. The van der Waals surface area contributed by atoms with Crippen molar-refractivity contribution in [1.82, 2.24) is 0 Å². The second-order valence-electron chi connectivity index (χ2n) is 3.41. The first-order chi connectivity index (χ1) is 8.70. The lowest BCUT2D eigenvalue weighted by molar-refractivity contribution is 0.140. The number of ether oxygens (including phenoxy) is 4. The summed E-state index contributed by atoms with van der Waals surface area (Å²) in [6.07, 6.45) is 0. The van der Waals surface area contributed by atoms with Gasteiger partial charge in [0.25, 0.3) is 0 Å². The molecule has 0 aliphatic rings. The van der Waals surface area contributed by atoms with Crippen LogP contribution in [0.25, 0.3) is 0 Å². The van der Waals surface area contributed by atoms with Gasteiger partial charge in [0.2, 0.25) is 0 Å². The van der Waals surface area contributed by atoms with Crippen molar-refractivity contribution in [3.8, 4) is 11.5 Å². The molecule has 0 N–H and O–H groups in total. The monoisotopic (exact) mass is 276 g/mol. The molecule has 0 unspecified atom stereocenters. The summed E-state index contributed by atoms with van der Waals surface area (Å²) in [5.41, 5.74) is 0. The van der Waals surface area contributed by atoms with E-state index in [0.29, 0.717) is 25.6 Å². The highest BCUT2D eigenvalue weighted by Crippen LogP contribution is 2.31. The van der Waals surface area contributed by atoms with Crippen molar-refractivity contribution >= 4 is 12.6 Å². The zero-order valence-corrected chi connectivity index (χ0v) is 11.3. The predicted molar refractivity (Wildman–Crippen MR) is 68.4 cm³/mol. The molecule has 0 bridgehead atoms. The molecule has 0 aliphatic heterocycles. The molecule has 0 radical (unpaired) electrons. The molecule has 0 atom stereocenters. The average Bonchev–Trinajstić information content (AvgIpc) is 2.37. The summed E-state index contributed by atoms with van der Waals surface area (Å²) in [6, 6.07) is 3.12. The lowest BCUT2D eigenvalue weighted by atomic mass is 10.3. The third-order valence-corrected chi connectivity index (χ3v) is 2.55. The van der Waals surface area contributed by atoms with E-state index in [2.05, 4.69) is 12.6 Å². The molecular weight excluding hydrogens is 259 g/mol. The Morgan fingerprint density at radius 1 is 0.944 bits per heavy atom. The highest BCUT2D eigenvalue weighted by atomic mass is 32.1. The fraction of sp³-hybridized carbons (Fsp3) is 0.500. The SMILES string of the molecule is COCCOc1ccc(OCCOC)c(S)c1F. The third kappa shape index (κ3) is 4.36. The van der Waals surface area contributed by atoms with E-state index in [1.165, 1.54) is 6.07 Å². The Morgan fingerprint density at radius 3 is 2.00 bits per heavy atom. The van der Waals surface area contributed by atoms with Gasteiger partial charge in [0.05, 0.1) is 18.1 Å². The van der Waals surface area contributed by atoms with E-state index in [0.717, 1.165) is 0 Å². The van der Waals surface area contributed by atoms with Crippen LogP contribution in [0, 0.1) is 5.82 Å². The summed E-state index contributed by atoms with van der Waals surface area (Å²) in [4.78, 5) is 0.126. The summed E-state index contributed by atoms with van der Waals surface area (Å²) >= 11 is 4.08. The molecule has 6 heteroatoms. The van der Waals surface area contributed by atoms with E-state index in [1.54, 1.807) is 20.3 Å². The van der Waals surface area contributed by atoms with Gasteiger partial charge in [-0.25, -0.2) is 4.39 Å². The first kappa shape index (κ1) is 15.1. The van der Waals surface area contributed by atoms with Crippen LogP contribution in [0.2, 0.25) is 0 Å². The molecule has 0 saturated carbocycles. The van der Waals surface area contributed by atoms with Crippen LogP contribution in [0.3, 0.4) is 0 Å². The Labute approximate surface area is 111 Å². The first-order valence-corrected chi connectivity index (χ1v) is 5.90. The second-order valence-corrected chi connectivity index (χ2v) is 3.85. The maximum atomic E-state index is 13.8. The van der Waals surface area contributed by atoms with Crippen molar-refractivity contribution in [1.29, 1.82) is 0 Å². The molecule has 0 fully saturated rings. The van der Waals surface area contributed by atoms with Gasteiger partial charge in [-0.3, -0.25) is 0 Å². The molecule has 0 spiro atoms. The van der Waals surface area contributed by atoms with Crippen LogP contribution in [0.1, 0.15) is 0 Å². The first-order valence-electron chi connectivity index (χ1n) is 5.45. The molecule has 1 rings (SSSR count). The predicted octanol–water partition coefficient (Wildman–Crippen LogP) is 2.16. The van der Waals surface area contributed by atoms with E-state index in [9.17, 15) is 4.39 Å². The van der Waals surface area contributed by atoms with Crippen LogP contribution >= 0.6 is 12.6 Å². The fourth-order valence-electron chi connectivity index (χ4n) is 1.23.